The third kappa shape index (κ3) is 12.2. The van der Waals surface area contributed by atoms with Gasteiger partial charge in [0.05, 0.1) is 6.54 Å². The van der Waals surface area contributed by atoms with E-state index in [2.05, 4.69) is 20.9 Å². The summed E-state index contributed by atoms with van der Waals surface area (Å²) >= 11 is 0. The second kappa shape index (κ2) is 13.4. The van der Waals surface area contributed by atoms with E-state index >= 15 is 0 Å². The van der Waals surface area contributed by atoms with E-state index in [0.29, 0.717) is 12.8 Å². The third-order valence-corrected chi connectivity index (χ3v) is 3.59. The maximum Gasteiger partial charge on any atom is 0.243 e. The highest BCUT2D eigenvalue weighted by Gasteiger charge is 2.23. The van der Waals surface area contributed by atoms with Crippen LogP contribution in [0.1, 0.15) is 46.0 Å². The Morgan fingerprint density at radius 1 is 1.00 bits per heavy atom. The van der Waals surface area contributed by atoms with E-state index < -0.39 is 29.8 Å². The number of carbonyl (C=O) groups is 4. The lowest BCUT2D eigenvalue weighted by Gasteiger charge is -2.20. The van der Waals surface area contributed by atoms with Crippen LogP contribution in [0.25, 0.3) is 0 Å². The zero-order valence-corrected chi connectivity index (χ0v) is 15.9. The molecule has 0 radical (unpaired) electrons. The number of primary amides is 1. The standard InChI is InChI=1S/C16H31N7O4/c1-3-4-7-12(24)21-9-13(25)23-11(6-5-8-20-16(18)19)15(27)22-10(2)14(17)26/h10-11H,3-9H2,1-2H3,(H2,17,26)(H,21,24)(H,22,27)(H,23,25)(H4,18,19,20). The number of hydrogen-bond acceptors (Lipinski definition) is 5. The minimum atomic E-state index is -0.916. The van der Waals surface area contributed by atoms with Gasteiger partial charge in [-0.15, -0.1) is 0 Å². The van der Waals surface area contributed by atoms with Crippen molar-refractivity contribution in [3.8, 4) is 0 Å². The maximum absolute atomic E-state index is 12.3. The second-order valence-corrected chi connectivity index (χ2v) is 6.08. The summed E-state index contributed by atoms with van der Waals surface area (Å²) in [6.45, 7) is 3.43. The van der Waals surface area contributed by atoms with Gasteiger partial charge in [-0.25, -0.2) is 0 Å². The number of guanidine groups is 1. The molecule has 0 aromatic carbocycles. The predicted octanol–water partition coefficient (Wildman–Crippen LogP) is -2.18. The number of aliphatic imine (C=N–C) groups is 1. The van der Waals surface area contributed by atoms with Crippen LogP contribution in [0.5, 0.6) is 0 Å². The Morgan fingerprint density at radius 3 is 2.22 bits per heavy atom. The fourth-order valence-corrected chi connectivity index (χ4v) is 2.01. The van der Waals surface area contributed by atoms with Crippen LogP contribution in [-0.4, -0.2) is 54.8 Å². The number of amides is 4. The summed E-state index contributed by atoms with van der Waals surface area (Å²) in [6.07, 6.45) is 2.60. The highest BCUT2D eigenvalue weighted by Crippen LogP contribution is 2.00. The molecule has 0 heterocycles. The van der Waals surface area contributed by atoms with E-state index in [4.69, 9.17) is 17.2 Å². The summed E-state index contributed by atoms with van der Waals surface area (Å²) in [7, 11) is 0. The van der Waals surface area contributed by atoms with Crippen molar-refractivity contribution in [1.82, 2.24) is 16.0 Å². The molecule has 0 fully saturated rings. The predicted molar refractivity (Wildman–Crippen MR) is 101 cm³/mol. The minimum absolute atomic E-state index is 0.0721. The molecule has 0 saturated carbocycles. The first kappa shape index (κ1) is 24.1. The lowest BCUT2D eigenvalue weighted by Crippen LogP contribution is -2.53. The van der Waals surface area contributed by atoms with Crippen LogP contribution in [0.3, 0.4) is 0 Å². The third-order valence-electron chi connectivity index (χ3n) is 3.59. The van der Waals surface area contributed by atoms with Gasteiger partial charge in [-0.1, -0.05) is 13.3 Å². The van der Waals surface area contributed by atoms with E-state index in [9.17, 15) is 19.2 Å². The molecule has 0 bridgehead atoms. The molecule has 11 heteroatoms. The molecule has 0 rings (SSSR count). The Morgan fingerprint density at radius 2 is 1.67 bits per heavy atom. The average molecular weight is 385 g/mol. The van der Waals surface area contributed by atoms with Crippen LogP contribution in [0.15, 0.2) is 4.99 Å². The molecule has 11 nitrogen and oxygen atoms in total. The number of nitrogens with two attached hydrogens (primary N) is 3. The first-order valence-electron chi connectivity index (χ1n) is 8.88. The largest absolute Gasteiger partial charge is 0.370 e. The van der Waals surface area contributed by atoms with Crippen molar-refractivity contribution >= 4 is 29.6 Å². The Labute approximate surface area is 158 Å². The van der Waals surface area contributed by atoms with Crippen LogP contribution in [0.2, 0.25) is 0 Å². The SMILES string of the molecule is CCCCC(=O)NCC(=O)NC(CCCN=C(N)N)C(=O)NC(C)C(N)=O. The fraction of sp³-hybridized carbons (Fsp3) is 0.688. The summed E-state index contributed by atoms with van der Waals surface area (Å²) in [5.41, 5.74) is 15.6. The maximum atomic E-state index is 12.3. The molecular formula is C16H31N7O4. The summed E-state index contributed by atoms with van der Waals surface area (Å²) in [4.78, 5) is 50.8. The quantitative estimate of drug-likeness (QED) is 0.118. The van der Waals surface area contributed by atoms with Gasteiger partial charge < -0.3 is 33.2 Å². The molecule has 0 aliphatic carbocycles. The van der Waals surface area contributed by atoms with Crippen molar-refractivity contribution in [2.75, 3.05) is 13.1 Å². The molecule has 4 amide bonds. The smallest absolute Gasteiger partial charge is 0.243 e. The molecule has 2 unspecified atom stereocenters. The number of rotatable bonds is 13. The van der Waals surface area contributed by atoms with Crippen LogP contribution in [-0.2, 0) is 19.2 Å². The Balaban J connectivity index is 4.68. The lowest BCUT2D eigenvalue weighted by atomic mass is 10.1. The van der Waals surface area contributed by atoms with Gasteiger partial charge in [0.15, 0.2) is 5.96 Å². The van der Waals surface area contributed by atoms with Gasteiger partial charge in [0.25, 0.3) is 0 Å². The monoisotopic (exact) mass is 385 g/mol. The van der Waals surface area contributed by atoms with Crippen molar-refractivity contribution < 1.29 is 19.2 Å². The number of hydrogen-bond donors (Lipinski definition) is 6. The number of unbranched alkanes of at least 4 members (excludes halogenated alkanes) is 1. The Kier molecular flexibility index (Phi) is 12.0. The first-order valence-corrected chi connectivity index (χ1v) is 8.88. The summed E-state index contributed by atoms with van der Waals surface area (Å²) in [5.74, 6) is -2.08. The van der Waals surface area contributed by atoms with Gasteiger partial charge in [0.2, 0.25) is 23.6 Å². The normalized spacial score (nSPS) is 12.4. The van der Waals surface area contributed by atoms with E-state index in [-0.39, 0.29) is 31.4 Å². The van der Waals surface area contributed by atoms with Gasteiger partial charge in [-0.05, 0) is 26.2 Å². The van der Waals surface area contributed by atoms with Gasteiger partial charge in [0, 0.05) is 13.0 Å². The van der Waals surface area contributed by atoms with Crippen molar-refractivity contribution in [3.63, 3.8) is 0 Å². The molecule has 0 aromatic rings. The van der Waals surface area contributed by atoms with Crippen LogP contribution in [0, 0.1) is 0 Å². The van der Waals surface area contributed by atoms with Crippen LogP contribution in [0.4, 0.5) is 0 Å². The topological polar surface area (TPSA) is 195 Å². The Bertz CT molecular complexity index is 547. The van der Waals surface area contributed by atoms with E-state index in [1.54, 1.807) is 0 Å². The molecular weight excluding hydrogens is 354 g/mol. The summed E-state index contributed by atoms with van der Waals surface area (Å²) < 4.78 is 0. The summed E-state index contributed by atoms with van der Waals surface area (Å²) in [5, 5.41) is 7.45. The zero-order chi connectivity index (χ0) is 20.8. The van der Waals surface area contributed by atoms with Gasteiger partial charge in [0.1, 0.15) is 12.1 Å². The lowest BCUT2D eigenvalue weighted by molar-refractivity contribution is -0.131. The second-order valence-electron chi connectivity index (χ2n) is 6.08. The molecule has 0 aliphatic heterocycles. The van der Waals surface area contributed by atoms with E-state index in [0.717, 1.165) is 12.8 Å². The minimum Gasteiger partial charge on any atom is -0.370 e. The van der Waals surface area contributed by atoms with E-state index in [1.165, 1.54) is 6.92 Å². The highest BCUT2D eigenvalue weighted by molar-refractivity contribution is 5.92. The highest BCUT2D eigenvalue weighted by atomic mass is 16.2. The van der Waals surface area contributed by atoms with Crippen LogP contribution >= 0.6 is 0 Å². The molecule has 9 N–H and O–H groups in total. The van der Waals surface area contributed by atoms with Gasteiger partial charge in [-0.2, -0.15) is 0 Å². The van der Waals surface area contributed by atoms with Crippen molar-refractivity contribution in [2.45, 2.75) is 58.0 Å². The fourth-order valence-electron chi connectivity index (χ4n) is 2.01. The molecule has 27 heavy (non-hydrogen) atoms. The van der Waals surface area contributed by atoms with Crippen LogP contribution < -0.4 is 33.2 Å². The molecule has 154 valence electrons. The zero-order valence-electron chi connectivity index (χ0n) is 15.9. The number of nitrogens with zero attached hydrogens (tertiary/aromatic N) is 1. The van der Waals surface area contributed by atoms with E-state index in [1.807, 2.05) is 6.92 Å². The van der Waals surface area contributed by atoms with Gasteiger partial charge in [-0.3, -0.25) is 24.2 Å². The molecule has 0 aliphatic rings. The molecule has 0 spiro atoms. The summed E-state index contributed by atoms with van der Waals surface area (Å²) in [6, 6.07) is -1.80. The van der Waals surface area contributed by atoms with Crippen molar-refractivity contribution in [1.29, 1.82) is 0 Å². The molecule has 0 saturated heterocycles. The first-order chi connectivity index (χ1) is 12.7. The molecule has 2 atom stereocenters. The van der Waals surface area contributed by atoms with Gasteiger partial charge >= 0.3 is 0 Å². The number of nitrogens with one attached hydrogen (secondary N) is 3. The number of carbonyl (C=O) groups excluding carboxylic acids is 4. The van der Waals surface area contributed by atoms with Crippen molar-refractivity contribution in [3.05, 3.63) is 0 Å². The average Bonchev–Trinajstić information content (AvgIpc) is 2.60. The van der Waals surface area contributed by atoms with Crippen molar-refractivity contribution in [2.24, 2.45) is 22.2 Å². The molecule has 0 aromatic heterocycles. The Hall–Kier alpha value is -2.85.